The van der Waals surface area contributed by atoms with Crippen LogP contribution in [0.25, 0.3) is 0 Å². The zero-order valence-electron chi connectivity index (χ0n) is 18.1. The van der Waals surface area contributed by atoms with Gasteiger partial charge in [-0.2, -0.15) is 0 Å². The van der Waals surface area contributed by atoms with E-state index in [0.717, 1.165) is 49.8 Å². The van der Waals surface area contributed by atoms with Crippen LogP contribution in [0, 0.1) is 13.8 Å². The van der Waals surface area contributed by atoms with Crippen LogP contribution in [-0.4, -0.2) is 55.2 Å². The van der Waals surface area contributed by atoms with Crippen LogP contribution in [0.2, 0.25) is 0 Å². The number of benzene rings is 2. The smallest absolute Gasteiger partial charge is 0.234 e. The molecule has 0 spiro atoms. The van der Waals surface area contributed by atoms with Crippen molar-refractivity contribution in [1.82, 2.24) is 15.1 Å². The van der Waals surface area contributed by atoms with Crippen LogP contribution in [-0.2, 0) is 11.3 Å². The molecule has 0 radical (unpaired) electrons. The molecule has 1 atom stereocenters. The summed E-state index contributed by atoms with van der Waals surface area (Å²) in [4.78, 5) is 17.2. The minimum absolute atomic E-state index is 0.0177. The van der Waals surface area contributed by atoms with Crippen LogP contribution in [0.4, 0.5) is 0 Å². The van der Waals surface area contributed by atoms with Gasteiger partial charge in [0.2, 0.25) is 12.7 Å². The Hall–Kier alpha value is -2.57. The fourth-order valence-electron chi connectivity index (χ4n) is 4.01. The molecule has 6 nitrogen and oxygen atoms in total. The lowest BCUT2D eigenvalue weighted by Crippen LogP contribution is -2.49. The van der Waals surface area contributed by atoms with Gasteiger partial charge in [-0.25, -0.2) is 0 Å². The zero-order chi connectivity index (χ0) is 21.1. The molecule has 0 aromatic heterocycles. The maximum atomic E-state index is 12.5. The van der Waals surface area contributed by atoms with Gasteiger partial charge in [-0.3, -0.25) is 14.6 Å². The van der Waals surface area contributed by atoms with E-state index < -0.39 is 0 Å². The molecule has 1 fully saturated rings. The molecule has 6 heteroatoms. The molecule has 30 heavy (non-hydrogen) atoms. The van der Waals surface area contributed by atoms with E-state index in [4.69, 9.17) is 9.47 Å². The number of fused-ring (bicyclic) bond motifs is 1. The highest BCUT2D eigenvalue weighted by Crippen LogP contribution is 2.32. The molecule has 4 rings (SSSR count). The summed E-state index contributed by atoms with van der Waals surface area (Å²) in [6, 6.07) is 12.5. The molecule has 2 aromatic carbocycles. The summed E-state index contributed by atoms with van der Waals surface area (Å²) >= 11 is 0. The maximum absolute atomic E-state index is 12.5. The SMILES string of the molecule is Cc1ccc(C(C)NC(=O)CN2CCN(Cc3ccc4c(c3)OCO4)CC2)cc1C. The minimum atomic E-state index is 0.0177. The number of ether oxygens (including phenoxy) is 2. The summed E-state index contributed by atoms with van der Waals surface area (Å²) in [6.07, 6.45) is 0. The monoisotopic (exact) mass is 409 g/mol. The second-order valence-electron chi connectivity index (χ2n) is 8.37. The third kappa shape index (κ3) is 4.94. The Kier molecular flexibility index (Phi) is 6.25. The van der Waals surface area contributed by atoms with Gasteiger partial charge in [-0.15, -0.1) is 0 Å². The molecular weight excluding hydrogens is 378 g/mol. The van der Waals surface area contributed by atoms with Gasteiger partial charge in [-0.1, -0.05) is 24.3 Å². The summed E-state index contributed by atoms with van der Waals surface area (Å²) in [6.45, 7) is 11.6. The number of piperazine rings is 1. The highest BCUT2D eigenvalue weighted by molar-refractivity contribution is 5.78. The normalized spacial score (nSPS) is 17.7. The first-order chi connectivity index (χ1) is 14.5. The van der Waals surface area contributed by atoms with Crippen molar-refractivity contribution in [3.8, 4) is 11.5 Å². The van der Waals surface area contributed by atoms with Crippen LogP contribution in [0.5, 0.6) is 11.5 Å². The van der Waals surface area contributed by atoms with E-state index in [-0.39, 0.29) is 11.9 Å². The van der Waals surface area contributed by atoms with Crippen molar-refractivity contribution >= 4 is 5.91 Å². The van der Waals surface area contributed by atoms with Crippen molar-refractivity contribution in [1.29, 1.82) is 0 Å². The molecule has 0 saturated carbocycles. The van der Waals surface area contributed by atoms with Crippen molar-refractivity contribution in [3.63, 3.8) is 0 Å². The van der Waals surface area contributed by atoms with Gasteiger partial charge in [-0.05, 0) is 55.2 Å². The molecule has 0 bridgehead atoms. The fourth-order valence-corrected chi connectivity index (χ4v) is 4.01. The fraction of sp³-hybridized carbons (Fsp3) is 0.458. The van der Waals surface area contributed by atoms with Gasteiger partial charge in [0.25, 0.3) is 0 Å². The van der Waals surface area contributed by atoms with Gasteiger partial charge in [0.1, 0.15) is 0 Å². The van der Waals surface area contributed by atoms with Crippen molar-refractivity contribution in [2.75, 3.05) is 39.5 Å². The van der Waals surface area contributed by atoms with E-state index in [2.05, 4.69) is 59.3 Å². The van der Waals surface area contributed by atoms with Crippen LogP contribution in [0.15, 0.2) is 36.4 Å². The molecule has 1 amide bonds. The van der Waals surface area contributed by atoms with Crippen LogP contribution >= 0.6 is 0 Å². The molecule has 1 N–H and O–H groups in total. The number of aryl methyl sites for hydroxylation is 2. The van der Waals surface area contributed by atoms with Crippen molar-refractivity contribution in [2.45, 2.75) is 33.4 Å². The topological polar surface area (TPSA) is 54.0 Å². The largest absolute Gasteiger partial charge is 0.454 e. The highest BCUT2D eigenvalue weighted by Gasteiger charge is 2.21. The average Bonchev–Trinajstić information content (AvgIpc) is 3.19. The number of amides is 1. The molecule has 1 saturated heterocycles. The van der Waals surface area contributed by atoms with E-state index >= 15 is 0 Å². The summed E-state index contributed by atoms with van der Waals surface area (Å²) in [7, 11) is 0. The first kappa shape index (κ1) is 20.7. The van der Waals surface area contributed by atoms with Gasteiger partial charge in [0, 0.05) is 32.7 Å². The van der Waals surface area contributed by atoms with Gasteiger partial charge >= 0.3 is 0 Å². The number of rotatable bonds is 6. The average molecular weight is 410 g/mol. The summed E-state index contributed by atoms with van der Waals surface area (Å²) in [5, 5.41) is 3.15. The summed E-state index contributed by atoms with van der Waals surface area (Å²) in [5.74, 6) is 1.75. The first-order valence-corrected chi connectivity index (χ1v) is 10.7. The van der Waals surface area contributed by atoms with Gasteiger partial charge < -0.3 is 14.8 Å². The predicted molar refractivity (Wildman–Crippen MR) is 117 cm³/mol. The van der Waals surface area contributed by atoms with Crippen LogP contribution in [0.1, 0.15) is 35.2 Å². The lowest BCUT2D eigenvalue weighted by atomic mass is 10.0. The molecule has 0 aliphatic carbocycles. The number of hydrogen-bond acceptors (Lipinski definition) is 5. The number of carbonyl (C=O) groups excluding carboxylic acids is 1. The van der Waals surface area contributed by atoms with E-state index in [1.54, 1.807) is 0 Å². The number of hydrogen-bond donors (Lipinski definition) is 1. The highest BCUT2D eigenvalue weighted by atomic mass is 16.7. The first-order valence-electron chi connectivity index (χ1n) is 10.7. The van der Waals surface area contributed by atoms with Gasteiger partial charge in [0.15, 0.2) is 11.5 Å². The second kappa shape index (κ2) is 9.06. The minimum Gasteiger partial charge on any atom is -0.454 e. The summed E-state index contributed by atoms with van der Waals surface area (Å²) < 4.78 is 10.9. The quantitative estimate of drug-likeness (QED) is 0.795. The van der Waals surface area contributed by atoms with Crippen molar-refractivity contribution in [2.24, 2.45) is 0 Å². The van der Waals surface area contributed by atoms with E-state index in [0.29, 0.717) is 13.3 Å². The maximum Gasteiger partial charge on any atom is 0.234 e. The Morgan fingerprint density at radius 2 is 1.70 bits per heavy atom. The molecule has 1 unspecified atom stereocenters. The van der Waals surface area contributed by atoms with Crippen molar-refractivity contribution < 1.29 is 14.3 Å². The van der Waals surface area contributed by atoms with E-state index in [1.807, 2.05) is 13.0 Å². The Labute approximate surface area is 178 Å². The molecule has 2 heterocycles. The molecule has 2 aromatic rings. The Morgan fingerprint density at radius 3 is 2.47 bits per heavy atom. The Morgan fingerprint density at radius 1 is 0.967 bits per heavy atom. The summed E-state index contributed by atoms with van der Waals surface area (Å²) in [5.41, 5.74) is 4.91. The molecule has 2 aliphatic rings. The lowest BCUT2D eigenvalue weighted by molar-refractivity contribution is -0.123. The van der Waals surface area contributed by atoms with E-state index in [9.17, 15) is 4.79 Å². The Bertz CT molecular complexity index is 907. The standard InChI is InChI=1S/C24H31N3O3/c1-17-4-6-21(12-18(17)2)19(3)25-24(28)15-27-10-8-26(9-11-27)14-20-5-7-22-23(13-20)30-16-29-22/h4-7,12-13,19H,8-11,14-16H2,1-3H3,(H,25,28). The second-order valence-corrected chi connectivity index (χ2v) is 8.37. The molecular formula is C24H31N3O3. The van der Waals surface area contributed by atoms with Gasteiger partial charge in [0.05, 0.1) is 12.6 Å². The lowest BCUT2D eigenvalue weighted by Gasteiger charge is -2.34. The van der Waals surface area contributed by atoms with E-state index in [1.165, 1.54) is 16.7 Å². The molecule has 2 aliphatic heterocycles. The zero-order valence-corrected chi connectivity index (χ0v) is 18.1. The third-order valence-corrected chi connectivity index (χ3v) is 6.08. The Balaban J connectivity index is 1.22. The van der Waals surface area contributed by atoms with Crippen LogP contribution in [0.3, 0.4) is 0 Å². The number of carbonyl (C=O) groups is 1. The number of nitrogens with one attached hydrogen (secondary N) is 1. The number of nitrogens with zero attached hydrogens (tertiary/aromatic N) is 2. The molecule has 160 valence electrons. The van der Waals surface area contributed by atoms with Crippen LogP contribution < -0.4 is 14.8 Å². The third-order valence-electron chi connectivity index (χ3n) is 6.08. The predicted octanol–water partition coefficient (Wildman–Crippen LogP) is 3.03. The van der Waals surface area contributed by atoms with Crippen molar-refractivity contribution in [3.05, 3.63) is 58.7 Å².